The summed E-state index contributed by atoms with van der Waals surface area (Å²) in [7, 11) is 0. The molecule has 0 unspecified atom stereocenters. The minimum absolute atomic E-state index is 0.278. The lowest BCUT2D eigenvalue weighted by atomic mass is 10.0. The maximum absolute atomic E-state index is 13.4. The van der Waals surface area contributed by atoms with Crippen molar-refractivity contribution in [3.8, 4) is 17.2 Å². The van der Waals surface area contributed by atoms with E-state index in [1.807, 2.05) is 0 Å². The van der Waals surface area contributed by atoms with E-state index in [0.29, 0.717) is 16.8 Å². The number of para-hydroxylation sites is 1. The zero-order chi connectivity index (χ0) is 16.1. The van der Waals surface area contributed by atoms with E-state index >= 15 is 0 Å². The van der Waals surface area contributed by atoms with Crippen LogP contribution in [0.5, 0.6) is 0 Å². The number of nitrogens with one attached hydrogen (secondary N) is 2. The number of anilines is 1. The fourth-order valence-electron chi connectivity index (χ4n) is 1.76. The zero-order valence-electron chi connectivity index (χ0n) is 11.3. The number of amidine groups is 1. The van der Waals surface area contributed by atoms with Crippen molar-refractivity contribution >= 4 is 17.2 Å². The molecular weight excluding hydrogens is 288 g/mol. The maximum atomic E-state index is 13.4. The Morgan fingerprint density at radius 3 is 2.55 bits per heavy atom. The van der Waals surface area contributed by atoms with Crippen LogP contribution >= 0.6 is 0 Å². The average Bonchev–Trinajstić information content (AvgIpc) is 2.51. The SMILES string of the molecule is N#C/C(=N\Nc1ccccc1-c1ccc(F)c(F)c1)C(=N)N. The van der Waals surface area contributed by atoms with E-state index in [9.17, 15) is 8.78 Å². The second-order valence-electron chi connectivity index (χ2n) is 4.27. The molecule has 0 aliphatic heterocycles. The highest BCUT2D eigenvalue weighted by Crippen LogP contribution is 2.28. The summed E-state index contributed by atoms with van der Waals surface area (Å²) in [6.07, 6.45) is 0. The highest BCUT2D eigenvalue weighted by atomic mass is 19.2. The Bertz CT molecular complexity index is 793. The molecule has 0 bridgehead atoms. The van der Waals surface area contributed by atoms with Crippen LogP contribution in [0.4, 0.5) is 14.5 Å². The van der Waals surface area contributed by atoms with Gasteiger partial charge in [0, 0.05) is 5.56 Å². The van der Waals surface area contributed by atoms with Gasteiger partial charge in [-0.25, -0.2) is 8.78 Å². The number of benzene rings is 2. The number of nitriles is 1. The van der Waals surface area contributed by atoms with Gasteiger partial charge >= 0.3 is 0 Å². The van der Waals surface area contributed by atoms with Gasteiger partial charge in [0.05, 0.1) is 5.69 Å². The molecule has 0 spiro atoms. The Morgan fingerprint density at radius 2 is 1.91 bits per heavy atom. The third-order valence-electron chi connectivity index (χ3n) is 2.81. The fraction of sp³-hybridized carbons (Fsp3) is 0. The predicted octanol–water partition coefficient (Wildman–Crippen LogP) is 2.86. The summed E-state index contributed by atoms with van der Waals surface area (Å²) >= 11 is 0. The third kappa shape index (κ3) is 3.24. The smallest absolute Gasteiger partial charge is 0.201 e. The maximum Gasteiger partial charge on any atom is 0.201 e. The summed E-state index contributed by atoms with van der Waals surface area (Å²) in [5, 5.41) is 19.7. The van der Waals surface area contributed by atoms with Crippen LogP contribution in [0.3, 0.4) is 0 Å². The highest BCUT2D eigenvalue weighted by Gasteiger charge is 2.09. The van der Waals surface area contributed by atoms with Gasteiger partial charge in [-0.3, -0.25) is 10.8 Å². The molecule has 0 aliphatic rings. The Hall–Kier alpha value is -3.27. The number of hydrogen-bond acceptors (Lipinski definition) is 4. The molecule has 110 valence electrons. The van der Waals surface area contributed by atoms with E-state index in [2.05, 4.69) is 10.5 Å². The monoisotopic (exact) mass is 299 g/mol. The van der Waals surface area contributed by atoms with E-state index in [0.717, 1.165) is 12.1 Å². The predicted molar refractivity (Wildman–Crippen MR) is 80.4 cm³/mol. The van der Waals surface area contributed by atoms with E-state index in [1.54, 1.807) is 30.3 Å². The van der Waals surface area contributed by atoms with Crippen LogP contribution in [-0.4, -0.2) is 11.5 Å². The van der Waals surface area contributed by atoms with E-state index in [-0.39, 0.29) is 5.71 Å². The van der Waals surface area contributed by atoms with Crippen LogP contribution in [-0.2, 0) is 0 Å². The van der Waals surface area contributed by atoms with E-state index in [4.69, 9.17) is 16.4 Å². The number of hydrogen-bond donors (Lipinski definition) is 3. The van der Waals surface area contributed by atoms with Crippen LogP contribution in [0, 0.1) is 28.4 Å². The molecule has 2 rings (SSSR count). The molecule has 2 aromatic carbocycles. The standard InChI is InChI=1S/C15H11F2N5/c16-11-6-5-9(7-12(11)17)10-3-1-2-4-13(10)21-22-14(8-18)15(19)20/h1-7,21H,(H3,19,20)/b22-14+. The van der Waals surface area contributed by atoms with Crippen LogP contribution in [0.25, 0.3) is 11.1 Å². The molecule has 22 heavy (non-hydrogen) atoms. The first-order valence-electron chi connectivity index (χ1n) is 6.15. The molecule has 0 heterocycles. The highest BCUT2D eigenvalue weighted by molar-refractivity contribution is 6.45. The molecule has 0 atom stereocenters. The van der Waals surface area contributed by atoms with Crippen LogP contribution < -0.4 is 11.2 Å². The van der Waals surface area contributed by atoms with Crippen molar-refractivity contribution in [3.05, 3.63) is 54.1 Å². The molecule has 0 radical (unpaired) electrons. The van der Waals surface area contributed by atoms with Crippen LogP contribution in [0.1, 0.15) is 0 Å². The fourth-order valence-corrected chi connectivity index (χ4v) is 1.76. The van der Waals surface area contributed by atoms with Crippen molar-refractivity contribution in [3.63, 3.8) is 0 Å². The molecular formula is C15H11F2N5. The summed E-state index contributed by atoms with van der Waals surface area (Å²) in [5.41, 5.74) is 8.99. The van der Waals surface area contributed by atoms with Gasteiger partial charge in [-0.05, 0) is 23.8 Å². The topological polar surface area (TPSA) is 98.0 Å². The summed E-state index contributed by atoms with van der Waals surface area (Å²) in [6, 6.07) is 12.0. The van der Waals surface area contributed by atoms with Crippen molar-refractivity contribution in [2.24, 2.45) is 10.8 Å². The molecule has 0 saturated heterocycles. The first-order valence-corrected chi connectivity index (χ1v) is 6.15. The lowest BCUT2D eigenvalue weighted by Gasteiger charge is -2.09. The zero-order valence-corrected chi connectivity index (χ0v) is 11.3. The molecule has 5 nitrogen and oxygen atoms in total. The summed E-state index contributed by atoms with van der Waals surface area (Å²) in [6.45, 7) is 0. The minimum Gasteiger partial charge on any atom is -0.382 e. The molecule has 2 aromatic rings. The van der Waals surface area contributed by atoms with Crippen molar-refractivity contribution < 1.29 is 8.78 Å². The van der Waals surface area contributed by atoms with E-state index in [1.165, 1.54) is 6.07 Å². The first kappa shape index (κ1) is 15.1. The largest absolute Gasteiger partial charge is 0.382 e. The molecule has 0 amide bonds. The van der Waals surface area contributed by atoms with Gasteiger partial charge < -0.3 is 5.73 Å². The van der Waals surface area contributed by atoms with Crippen LogP contribution in [0.15, 0.2) is 47.6 Å². The Labute approximate surface area is 125 Å². The molecule has 4 N–H and O–H groups in total. The minimum atomic E-state index is -0.961. The molecule has 0 fully saturated rings. The number of rotatable bonds is 4. The van der Waals surface area contributed by atoms with Crippen molar-refractivity contribution in [2.45, 2.75) is 0 Å². The van der Waals surface area contributed by atoms with Gasteiger partial charge in [0.25, 0.3) is 0 Å². The number of halogens is 2. The summed E-state index contributed by atoms with van der Waals surface area (Å²) < 4.78 is 26.4. The number of hydrazone groups is 1. The quantitative estimate of drug-likeness (QED) is 0.460. The summed E-state index contributed by atoms with van der Waals surface area (Å²) in [4.78, 5) is 0. The van der Waals surface area contributed by atoms with Gasteiger partial charge in [0.2, 0.25) is 5.71 Å². The molecule has 0 saturated carbocycles. The van der Waals surface area contributed by atoms with E-state index < -0.39 is 17.5 Å². The van der Waals surface area contributed by atoms with Gasteiger partial charge in [-0.15, -0.1) is 0 Å². The van der Waals surface area contributed by atoms with Gasteiger partial charge in [-0.2, -0.15) is 10.4 Å². The second-order valence-corrected chi connectivity index (χ2v) is 4.27. The Balaban J connectivity index is 2.41. The number of nitrogens with zero attached hydrogens (tertiary/aromatic N) is 2. The lowest BCUT2D eigenvalue weighted by Crippen LogP contribution is -2.21. The van der Waals surface area contributed by atoms with Crippen molar-refractivity contribution in [2.75, 3.05) is 5.43 Å². The average molecular weight is 299 g/mol. The van der Waals surface area contributed by atoms with Gasteiger partial charge in [0.1, 0.15) is 6.07 Å². The second kappa shape index (κ2) is 6.45. The van der Waals surface area contributed by atoms with Crippen LogP contribution in [0.2, 0.25) is 0 Å². The van der Waals surface area contributed by atoms with Gasteiger partial charge in [0.15, 0.2) is 17.5 Å². The normalized spacial score (nSPS) is 10.9. The number of nitrogens with two attached hydrogens (primary N) is 1. The van der Waals surface area contributed by atoms with Crippen molar-refractivity contribution in [1.29, 1.82) is 10.7 Å². The van der Waals surface area contributed by atoms with Crippen molar-refractivity contribution in [1.82, 2.24) is 0 Å². The third-order valence-corrected chi connectivity index (χ3v) is 2.81. The molecule has 0 aliphatic carbocycles. The summed E-state index contributed by atoms with van der Waals surface area (Å²) in [5.74, 6) is -2.37. The first-order chi connectivity index (χ1) is 10.5. The molecule has 0 aromatic heterocycles. The van der Waals surface area contributed by atoms with Gasteiger partial charge in [-0.1, -0.05) is 24.3 Å². The Kier molecular flexibility index (Phi) is 4.44. The lowest BCUT2D eigenvalue weighted by molar-refractivity contribution is 0.509. The molecule has 7 heteroatoms. The Morgan fingerprint density at radius 1 is 1.18 bits per heavy atom.